The van der Waals surface area contributed by atoms with E-state index < -0.39 is 0 Å². The fourth-order valence-corrected chi connectivity index (χ4v) is 1.63. The Bertz CT molecular complexity index is 648. The lowest BCUT2D eigenvalue weighted by Crippen LogP contribution is -2.45. The molecule has 0 unspecified atom stereocenters. The Labute approximate surface area is 88.8 Å². The van der Waals surface area contributed by atoms with Gasteiger partial charge in [-0.3, -0.25) is 15.0 Å². The van der Waals surface area contributed by atoms with Crippen molar-refractivity contribution in [2.75, 3.05) is 5.43 Å². The fourth-order valence-electron chi connectivity index (χ4n) is 1.63. The van der Waals surface area contributed by atoms with Crippen LogP contribution in [-0.2, 0) is 0 Å². The first-order valence-corrected chi connectivity index (χ1v) is 4.58. The normalized spacial score (nSPS) is 14.1. The smallest absolute Gasteiger partial charge is 0.269 e. The molecular formula is C9H7N5O2. The van der Waals surface area contributed by atoms with Crippen molar-refractivity contribution in [2.24, 2.45) is 0 Å². The quantitative estimate of drug-likeness (QED) is 0.476. The molecular weight excluding hydrogens is 210 g/mol. The molecule has 80 valence electrons. The van der Waals surface area contributed by atoms with Crippen LogP contribution in [0.3, 0.4) is 0 Å². The van der Waals surface area contributed by atoms with Crippen LogP contribution in [-0.4, -0.2) is 15.9 Å². The molecule has 0 saturated carbocycles. The second kappa shape index (κ2) is 3.04. The van der Waals surface area contributed by atoms with Crippen molar-refractivity contribution in [2.45, 2.75) is 0 Å². The summed E-state index contributed by atoms with van der Waals surface area (Å²) in [7, 11) is 0. The number of H-pyrrole nitrogens is 1. The number of aromatic nitrogens is 2. The highest BCUT2D eigenvalue weighted by Crippen LogP contribution is 2.21. The predicted octanol–water partition coefficient (Wildman–Crippen LogP) is -0.502. The molecule has 2 aromatic rings. The molecule has 16 heavy (non-hydrogen) atoms. The lowest BCUT2D eigenvalue weighted by atomic mass is 10.1. The van der Waals surface area contributed by atoms with Crippen molar-refractivity contribution in [3.8, 4) is 0 Å². The molecule has 0 spiro atoms. The monoisotopic (exact) mass is 217 g/mol. The summed E-state index contributed by atoms with van der Waals surface area (Å²) in [6.07, 6.45) is 1.31. The van der Waals surface area contributed by atoms with E-state index in [9.17, 15) is 9.59 Å². The van der Waals surface area contributed by atoms with Gasteiger partial charge in [-0.2, -0.15) is 0 Å². The van der Waals surface area contributed by atoms with Crippen molar-refractivity contribution in [1.29, 1.82) is 0 Å². The van der Waals surface area contributed by atoms with Crippen molar-refractivity contribution in [1.82, 2.24) is 20.9 Å². The van der Waals surface area contributed by atoms with Gasteiger partial charge < -0.3 is 10.4 Å². The third kappa shape index (κ3) is 1.15. The number of hydrogen-bond donors (Lipinski definition) is 4. The second-order valence-electron chi connectivity index (χ2n) is 3.35. The molecule has 1 aliphatic rings. The molecule has 0 radical (unpaired) electrons. The van der Waals surface area contributed by atoms with E-state index in [1.807, 2.05) is 0 Å². The van der Waals surface area contributed by atoms with Gasteiger partial charge in [-0.15, -0.1) is 5.53 Å². The van der Waals surface area contributed by atoms with E-state index in [-0.39, 0.29) is 11.5 Å². The van der Waals surface area contributed by atoms with Gasteiger partial charge in [-0.1, -0.05) is 0 Å². The summed E-state index contributed by atoms with van der Waals surface area (Å²) in [5, 5.41) is 0.435. The van der Waals surface area contributed by atoms with Gasteiger partial charge in [-0.05, 0) is 12.1 Å². The van der Waals surface area contributed by atoms with Crippen LogP contribution >= 0.6 is 0 Å². The number of aromatic amines is 1. The number of hydrogen-bond acceptors (Lipinski definition) is 5. The van der Waals surface area contributed by atoms with Crippen LogP contribution in [0.2, 0.25) is 0 Å². The minimum Gasteiger partial charge on any atom is -0.313 e. The summed E-state index contributed by atoms with van der Waals surface area (Å²) in [5.41, 5.74) is 8.90. The van der Waals surface area contributed by atoms with Gasteiger partial charge in [0.2, 0.25) is 0 Å². The minimum atomic E-state index is -0.266. The zero-order valence-electron chi connectivity index (χ0n) is 8.00. The second-order valence-corrected chi connectivity index (χ2v) is 3.35. The van der Waals surface area contributed by atoms with Crippen LogP contribution < -0.4 is 21.9 Å². The van der Waals surface area contributed by atoms with E-state index in [2.05, 4.69) is 26.4 Å². The Morgan fingerprint density at radius 1 is 1.12 bits per heavy atom. The van der Waals surface area contributed by atoms with E-state index in [0.717, 1.165) is 0 Å². The van der Waals surface area contributed by atoms with Crippen LogP contribution in [0.25, 0.3) is 10.9 Å². The Morgan fingerprint density at radius 3 is 2.88 bits per heavy atom. The highest BCUT2D eigenvalue weighted by Gasteiger charge is 2.17. The van der Waals surface area contributed by atoms with Gasteiger partial charge in [0.25, 0.3) is 11.5 Å². The van der Waals surface area contributed by atoms with Crippen molar-refractivity contribution < 1.29 is 4.79 Å². The Hall–Kier alpha value is -2.41. The van der Waals surface area contributed by atoms with Gasteiger partial charge in [0.05, 0.1) is 28.5 Å². The molecule has 7 heteroatoms. The zero-order chi connectivity index (χ0) is 11.1. The van der Waals surface area contributed by atoms with Crippen LogP contribution in [0, 0.1) is 0 Å². The molecule has 0 bridgehead atoms. The van der Waals surface area contributed by atoms with Crippen molar-refractivity contribution in [3.05, 3.63) is 34.4 Å². The highest BCUT2D eigenvalue weighted by molar-refractivity contribution is 6.04. The van der Waals surface area contributed by atoms with Gasteiger partial charge in [0, 0.05) is 0 Å². The zero-order valence-corrected chi connectivity index (χ0v) is 8.00. The molecule has 0 fully saturated rings. The first-order chi connectivity index (χ1) is 7.75. The van der Waals surface area contributed by atoms with Gasteiger partial charge in [0.1, 0.15) is 0 Å². The van der Waals surface area contributed by atoms with Gasteiger partial charge in [-0.25, -0.2) is 4.98 Å². The Balaban J connectivity index is 2.39. The average molecular weight is 217 g/mol. The molecule has 1 aromatic heterocycles. The maximum atomic E-state index is 11.5. The number of carbonyl (C=O) groups excluding carboxylic acids is 1. The lowest BCUT2D eigenvalue weighted by Gasteiger charge is -2.19. The van der Waals surface area contributed by atoms with E-state index in [4.69, 9.17) is 0 Å². The van der Waals surface area contributed by atoms with Crippen LogP contribution in [0.1, 0.15) is 10.4 Å². The van der Waals surface area contributed by atoms with Crippen LogP contribution in [0.4, 0.5) is 5.69 Å². The highest BCUT2D eigenvalue weighted by atomic mass is 16.2. The Kier molecular flexibility index (Phi) is 1.68. The van der Waals surface area contributed by atoms with Gasteiger partial charge >= 0.3 is 0 Å². The standard InChI is InChI=1S/C9H7N5O2/c15-8-4-2-7-5(9(16)13-14-12-7)1-6(4)10-3-11-8/h1-3,12,14H,(H,13,16)(H,10,11,15). The van der Waals surface area contributed by atoms with E-state index in [1.54, 1.807) is 12.1 Å². The Morgan fingerprint density at radius 2 is 2.00 bits per heavy atom. The number of nitrogens with one attached hydrogen (secondary N) is 4. The first-order valence-electron chi connectivity index (χ1n) is 4.58. The van der Waals surface area contributed by atoms with E-state index in [0.29, 0.717) is 22.2 Å². The molecule has 0 aliphatic carbocycles. The summed E-state index contributed by atoms with van der Waals surface area (Å²) in [6.45, 7) is 0. The summed E-state index contributed by atoms with van der Waals surface area (Å²) < 4.78 is 0. The topological polar surface area (TPSA) is 98.9 Å². The molecule has 7 nitrogen and oxygen atoms in total. The van der Waals surface area contributed by atoms with Gasteiger partial charge in [0.15, 0.2) is 0 Å². The largest absolute Gasteiger partial charge is 0.313 e. The minimum absolute atomic E-state index is 0.236. The fraction of sp³-hybridized carbons (Fsp3) is 0. The number of nitrogens with zero attached hydrogens (tertiary/aromatic N) is 1. The number of rotatable bonds is 0. The maximum absolute atomic E-state index is 11.5. The number of benzene rings is 1. The number of anilines is 1. The summed E-state index contributed by atoms with van der Waals surface area (Å²) >= 11 is 0. The molecule has 1 aromatic carbocycles. The molecule has 1 amide bonds. The first kappa shape index (κ1) is 8.86. The maximum Gasteiger partial charge on any atom is 0.269 e. The summed E-state index contributed by atoms with van der Waals surface area (Å²) in [6, 6.07) is 3.16. The molecule has 4 N–H and O–H groups in total. The molecule has 2 heterocycles. The third-order valence-electron chi connectivity index (χ3n) is 2.40. The molecule has 0 saturated heterocycles. The number of amides is 1. The third-order valence-corrected chi connectivity index (χ3v) is 2.40. The van der Waals surface area contributed by atoms with Crippen molar-refractivity contribution >= 4 is 22.5 Å². The number of fused-ring (bicyclic) bond motifs is 2. The van der Waals surface area contributed by atoms with Crippen molar-refractivity contribution in [3.63, 3.8) is 0 Å². The summed E-state index contributed by atoms with van der Waals surface area (Å²) in [4.78, 5) is 29.5. The lowest BCUT2D eigenvalue weighted by molar-refractivity contribution is 0.0932. The number of hydrazine groups is 2. The average Bonchev–Trinajstić information content (AvgIpc) is 2.29. The molecule has 1 aliphatic heterocycles. The van der Waals surface area contributed by atoms with Crippen LogP contribution in [0.5, 0.6) is 0 Å². The number of carbonyl (C=O) groups is 1. The van der Waals surface area contributed by atoms with E-state index in [1.165, 1.54) is 6.33 Å². The molecule has 0 atom stereocenters. The SMILES string of the molecule is O=C1NNNc2cc3c(=O)[nH]cnc3cc21. The van der Waals surface area contributed by atoms with Crippen LogP contribution in [0.15, 0.2) is 23.3 Å². The molecule has 3 rings (SSSR count). The predicted molar refractivity (Wildman–Crippen MR) is 56.6 cm³/mol. The summed E-state index contributed by atoms with van der Waals surface area (Å²) in [5.74, 6) is -0.266. The van der Waals surface area contributed by atoms with E-state index >= 15 is 0 Å².